The zero-order valence-corrected chi connectivity index (χ0v) is 9.59. The lowest BCUT2D eigenvalue weighted by Gasteiger charge is -2.22. The zero-order chi connectivity index (χ0) is 9.03. The molecule has 1 heterocycles. The van der Waals surface area contributed by atoms with Gasteiger partial charge in [-0.15, -0.1) is 12.4 Å². The first kappa shape index (κ1) is 13.2. The normalized spacial score (nSPS) is 19.5. The van der Waals surface area contributed by atoms with E-state index >= 15 is 0 Å². The second kappa shape index (κ2) is 5.83. The van der Waals surface area contributed by atoms with Gasteiger partial charge in [-0.25, -0.2) is 8.42 Å². The maximum atomic E-state index is 11.6. The molecule has 0 amide bonds. The van der Waals surface area contributed by atoms with Crippen molar-refractivity contribution in [1.29, 1.82) is 0 Å². The van der Waals surface area contributed by atoms with Crippen LogP contribution in [0.2, 0.25) is 0 Å². The Bertz CT molecular complexity index is 222. The van der Waals surface area contributed by atoms with Crippen LogP contribution in [0.1, 0.15) is 26.2 Å². The molecule has 13 heavy (non-hydrogen) atoms. The van der Waals surface area contributed by atoms with Crippen LogP contribution >= 0.6 is 12.4 Å². The molecule has 0 spiro atoms. The molecule has 0 radical (unpaired) electrons. The van der Waals surface area contributed by atoms with Gasteiger partial charge in [0.05, 0.1) is 11.0 Å². The van der Waals surface area contributed by atoms with E-state index < -0.39 is 9.84 Å². The van der Waals surface area contributed by atoms with Crippen molar-refractivity contribution in [3.05, 3.63) is 0 Å². The van der Waals surface area contributed by atoms with E-state index in [9.17, 15) is 8.42 Å². The Labute approximate surface area is 86.6 Å². The first-order valence-corrected chi connectivity index (χ1v) is 6.30. The molecule has 1 rings (SSSR count). The van der Waals surface area contributed by atoms with Crippen molar-refractivity contribution in [2.45, 2.75) is 31.4 Å². The summed E-state index contributed by atoms with van der Waals surface area (Å²) in [5.74, 6) is 0.359. The SMILES string of the molecule is CCCS(=O)(=O)C1CCNCC1.Cl. The summed E-state index contributed by atoms with van der Waals surface area (Å²) in [4.78, 5) is 0. The van der Waals surface area contributed by atoms with Crippen LogP contribution in [0, 0.1) is 0 Å². The highest BCUT2D eigenvalue weighted by Gasteiger charge is 2.25. The van der Waals surface area contributed by atoms with E-state index in [0.29, 0.717) is 5.75 Å². The highest BCUT2D eigenvalue weighted by molar-refractivity contribution is 7.92. The van der Waals surface area contributed by atoms with Crippen LogP contribution in [-0.2, 0) is 9.84 Å². The van der Waals surface area contributed by atoms with Gasteiger partial charge >= 0.3 is 0 Å². The Hall–Kier alpha value is 0.200. The van der Waals surface area contributed by atoms with Crippen LogP contribution in [0.5, 0.6) is 0 Å². The fourth-order valence-corrected chi connectivity index (χ4v) is 3.46. The van der Waals surface area contributed by atoms with Crippen molar-refractivity contribution in [2.24, 2.45) is 0 Å². The predicted octanol–water partition coefficient (Wildman–Crippen LogP) is 0.985. The molecule has 0 saturated carbocycles. The molecule has 0 atom stereocenters. The first-order valence-electron chi connectivity index (χ1n) is 4.59. The number of hydrogen-bond donors (Lipinski definition) is 1. The molecule has 3 nitrogen and oxygen atoms in total. The molecule has 0 bridgehead atoms. The molecule has 0 aromatic carbocycles. The summed E-state index contributed by atoms with van der Waals surface area (Å²) in [7, 11) is -2.77. The van der Waals surface area contributed by atoms with Gasteiger partial charge < -0.3 is 5.32 Å². The summed E-state index contributed by atoms with van der Waals surface area (Å²) in [6.07, 6.45) is 2.33. The molecule has 0 aliphatic carbocycles. The Balaban J connectivity index is 0.00000144. The van der Waals surface area contributed by atoms with E-state index in [1.807, 2.05) is 6.92 Å². The molecule has 5 heteroatoms. The Morgan fingerprint density at radius 3 is 2.31 bits per heavy atom. The summed E-state index contributed by atoms with van der Waals surface area (Å²) in [5, 5.41) is 3.09. The molecular formula is C8H18ClNO2S. The van der Waals surface area contributed by atoms with Crippen LogP contribution in [0.25, 0.3) is 0 Å². The van der Waals surface area contributed by atoms with Gasteiger partial charge in [0.1, 0.15) is 0 Å². The van der Waals surface area contributed by atoms with Gasteiger partial charge in [0, 0.05) is 0 Å². The smallest absolute Gasteiger partial charge is 0.153 e. The maximum absolute atomic E-state index is 11.6. The average Bonchev–Trinajstić information content (AvgIpc) is 2.06. The van der Waals surface area contributed by atoms with Crippen molar-refractivity contribution in [1.82, 2.24) is 5.32 Å². The van der Waals surface area contributed by atoms with Gasteiger partial charge in [-0.1, -0.05) is 6.92 Å². The van der Waals surface area contributed by atoms with Gasteiger partial charge in [-0.2, -0.15) is 0 Å². The molecule has 0 aromatic heterocycles. The second-order valence-electron chi connectivity index (χ2n) is 3.32. The summed E-state index contributed by atoms with van der Waals surface area (Å²) in [6.45, 7) is 3.62. The maximum Gasteiger partial charge on any atom is 0.153 e. The van der Waals surface area contributed by atoms with E-state index in [4.69, 9.17) is 0 Å². The zero-order valence-electron chi connectivity index (χ0n) is 7.95. The minimum absolute atomic E-state index is 0. The fourth-order valence-electron chi connectivity index (χ4n) is 1.61. The summed E-state index contributed by atoms with van der Waals surface area (Å²) >= 11 is 0. The van der Waals surface area contributed by atoms with E-state index in [2.05, 4.69) is 5.32 Å². The van der Waals surface area contributed by atoms with E-state index in [0.717, 1.165) is 32.4 Å². The highest BCUT2D eigenvalue weighted by Crippen LogP contribution is 2.14. The van der Waals surface area contributed by atoms with Crippen molar-refractivity contribution < 1.29 is 8.42 Å². The Morgan fingerprint density at radius 1 is 1.31 bits per heavy atom. The molecule has 1 aliphatic rings. The predicted molar refractivity (Wildman–Crippen MR) is 57.2 cm³/mol. The van der Waals surface area contributed by atoms with E-state index in [-0.39, 0.29) is 17.7 Å². The Kier molecular flexibility index (Phi) is 5.92. The number of piperidine rings is 1. The number of nitrogens with one attached hydrogen (secondary N) is 1. The van der Waals surface area contributed by atoms with Gasteiger partial charge in [0.25, 0.3) is 0 Å². The molecule has 1 N–H and O–H groups in total. The number of rotatable bonds is 3. The lowest BCUT2D eigenvalue weighted by Crippen LogP contribution is -2.36. The van der Waals surface area contributed by atoms with Gasteiger partial charge in [0.2, 0.25) is 0 Å². The fraction of sp³-hybridized carbons (Fsp3) is 1.00. The average molecular weight is 228 g/mol. The van der Waals surface area contributed by atoms with Gasteiger partial charge in [-0.3, -0.25) is 0 Å². The molecule has 80 valence electrons. The molecule has 1 aliphatic heterocycles. The van der Waals surface area contributed by atoms with Gasteiger partial charge in [0.15, 0.2) is 9.84 Å². The summed E-state index contributed by atoms with van der Waals surface area (Å²) < 4.78 is 23.1. The molecule has 0 unspecified atom stereocenters. The topological polar surface area (TPSA) is 46.2 Å². The van der Waals surface area contributed by atoms with Crippen molar-refractivity contribution in [2.75, 3.05) is 18.8 Å². The summed E-state index contributed by atoms with van der Waals surface area (Å²) in [5.41, 5.74) is 0. The molecule has 0 aromatic rings. The van der Waals surface area contributed by atoms with Crippen molar-refractivity contribution >= 4 is 22.2 Å². The lowest BCUT2D eigenvalue weighted by molar-refractivity contribution is 0.496. The second-order valence-corrected chi connectivity index (χ2v) is 5.72. The minimum Gasteiger partial charge on any atom is -0.317 e. The van der Waals surface area contributed by atoms with Crippen LogP contribution in [0.4, 0.5) is 0 Å². The Morgan fingerprint density at radius 2 is 1.85 bits per heavy atom. The number of sulfone groups is 1. The molecule has 1 saturated heterocycles. The van der Waals surface area contributed by atoms with Crippen molar-refractivity contribution in [3.8, 4) is 0 Å². The number of halogens is 1. The lowest BCUT2D eigenvalue weighted by atomic mass is 10.2. The third kappa shape index (κ3) is 3.83. The van der Waals surface area contributed by atoms with Crippen LogP contribution in [-0.4, -0.2) is 32.5 Å². The van der Waals surface area contributed by atoms with Gasteiger partial charge in [-0.05, 0) is 32.4 Å². The standard InChI is InChI=1S/C8H17NO2S.ClH/c1-2-7-12(10,11)8-3-5-9-6-4-8;/h8-9H,2-7H2,1H3;1H. The monoisotopic (exact) mass is 227 g/mol. The third-order valence-corrected chi connectivity index (χ3v) is 4.75. The third-order valence-electron chi connectivity index (χ3n) is 2.28. The highest BCUT2D eigenvalue weighted by atomic mass is 35.5. The molecule has 1 fully saturated rings. The largest absolute Gasteiger partial charge is 0.317 e. The van der Waals surface area contributed by atoms with E-state index in [1.165, 1.54) is 0 Å². The van der Waals surface area contributed by atoms with Crippen molar-refractivity contribution in [3.63, 3.8) is 0 Å². The number of hydrogen-bond acceptors (Lipinski definition) is 3. The quantitative estimate of drug-likeness (QED) is 0.782. The first-order chi connectivity index (χ1) is 5.67. The van der Waals surface area contributed by atoms with Crippen LogP contribution < -0.4 is 5.32 Å². The van der Waals surface area contributed by atoms with Crippen LogP contribution in [0.3, 0.4) is 0 Å². The van der Waals surface area contributed by atoms with E-state index in [1.54, 1.807) is 0 Å². The minimum atomic E-state index is -2.77. The molecular weight excluding hydrogens is 210 g/mol. The summed E-state index contributed by atoms with van der Waals surface area (Å²) in [6, 6.07) is 0. The van der Waals surface area contributed by atoms with Crippen LogP contribution in [0.15, 0.2) is 0 Å².